The normalized spacial score (nSPS) is 21.1. The highest BCUT2D eigenvalue weighted by Crippen LogP contribution is 2.21. The number of nitrogens with one attached hydrogen (secondary N) is 2. The van der Waals surface area contributed by atoms with Gasteiger partial charge in [0.05, 0.1) is 19.6 Å². The number of amides is 2. The van der Waals surface area contributed by atoms with Crippen molar-refractivity contribution >= 4 is 35.1 Å². The summed E-state index contributed by atoms with van der Waals surface area (Å²) in [5.41, 5.74) is 1.52. The first-order valence-corrected chi connectivity index (χ1v) is 8.18. The second-order valence-corrected chi connectivity index (χ2v) is 6.21. The first kappa shape index (κ1) is 16.7. The number of carbonyl (C=O) groups is 2. The Morgan fingerprint density at radius 2 is 2.17 bits per heavy atom. The van der Waals surface area contributed by atoms with Gasteiger partial charge in [0, 0.05) is 23.8 Å². The van der Waals surface area contributed by atoms with Gasteiger partial charge in [0.2, 0.25) is 17.8 Å². The molecular weight excluding hydrogens is 332 g/mol. The van der Waals surface area contributed by atoms with Crippen LogP contribution in [0.3, 0.4) is 0 Å². The summed E-state index contributed by atoms with van der Waals surface area (Å²) < 4.78 is 5.29. The molecule has 1 fully saturated rings. The SMILES string of the molecule is Cc1ccc(Cl)cc1NC(=O)[C@H]1CC(=O)NC(N2CCOCC2)=N1. The third-order valence-corrected chi connectivity index (χ3v) is 4.21. The van der Waals surface area contributed by atoms with Crippen molar-refractivity contribution in [3.8, 4) is 0 Å². The first-order valence-electron chi connectivity index (χ1n) is 7.80. The fourth-order valence-electron chi connectivity index (χ4n) is 2.61. The van der Waals surface area contributed by atoms with E-state index in [1.807, 2.05) is 17.9 Å². The number of benzene rings is 1. The molecule has 0 unspecified atom stereocenters. The van der Waals surface area contributed by atoms with Gasteiger partial charge in [0.15, 0.2) is 0 Å². The molecule has 2 amide bonds. The lowest BCUT2D eigenvalue weighted by atomic mass is 10.1. The molecule has 0 aromatic heterocycles. The number of guanidine groups is 1. The van der Waals surface area contributed by atoms with Crippen LogP contribution in [0, 0.1) is 6.92 Å². The number of carbonyl (C=O) groups excluding carboxylic acids is 2. The fraction of sp³-hybridized carbons (Fsp3) is 0.438. The van der Waals surface area contributed by atoms with Gasteiger partial charge in [0.1, 0.15) is 6.04 Å². The quantitative estimate of drug-likeness (QED) is 0.838. The van der Waals surface area contributed by atoms with Crippen LogP contribution < -0.4 is 10.6 Å². The maximum atomic E-state index is 12.5. The van der Waals surface area contributed by atoms with E-state index in [1.54, 1.807) is 12.1 Å². The number of hydrogen-bond donors (Lipinski definition) is 2. The molecule has 2 aliphatic heterocycles. The van der Waals surface area contributed by atoms with Gasteiger partial charge in [-0.25, -0.2) is 4.99 Å². The van der Waals surface area contributed by atoms with Crippen molar-refractivity contribution in [1.82, 2.24) is 10.2 Å². The minimum atomic E-state index is -0.755. The highest BCUT2D eigenvalue weighted by atomic mass is 35.5. The summed E-state index contributed by atoms with van der Waals surface area (Å²) in [6, 6.07) is 4.52. The zero-order valence-electron chi connectivity index (χ0n) is 13.3. The summed E-state index contributed by atoms with van der Waals surface area (Å²) in [5, 5.41) is 6.08. The van der Waals surface area contributed by atoms with E-state index >= 15 is 0 Å². The molecule has 2 aliphatic rings. The number of ether oxygens (including phenoxy) is 1. The van der Waals surface area contributed by atoms with Crippen molar-refractivity contribution < 1.29 is 14.3 Å². The standard InChI is InChI=1S/C16H19ClN4O3/c1-10-2-3-11(17)8-12(10)18-15(23)13-9-14(22)20-16(19-13)21-4-6-24-7-5-21/h2-3,8,13H,4-7,9H2,1H3,(H,18,23)(H,19,20,22)/t13-/m1/s1. The molecule has 1 aromatic rings. The van der Waals surface area contributed by atoms with Crippen LogP contribution >= 0.6 is 11.6 Å². The van der Waals surface area contributed by atoms with Crippen LogP contribution in [-0.2, 0) is 14.3 Å². The summed E-state index contributed by atoms with van der Waals surface area (Å²) >= 11 is 5.97. The van der Waals surface area contributed by atoms with Crippen LogP contribution in [0.25, 0.3) is 0 Å². The van der Waals surface area contributed by atoms with E-state index in [-0.39, 0.29) is 18.2 Å². The predicted molar refractivity (Wildman–Crippen MR) is 91.2 cm³/mol. The largest absolute Gasteiger partial charge is 0.378 e. The molecule has 1 aromatic carbocycles. The third-order valence-electron chi connectivity index (χ3n) is 3.98. The average Bonchev–Trinajstić information content (AvgIpc) is 2.58. The molecule has 0 spiro atoms. The topological polar surface area (TPSA) is 83.0 Å². The number of halogens is 1. The molecule has 8 heteroatoms. The van der Waals surface area contributed by atoms with E-state index in [9.17, 15) is 9.59 Å². The van der Waals surface area contributed by atoms with Crippen LogP contribution in [0.2, 0.25) is 5.02 Å². The van der Waals surface area contributed by atoms with Crippen molar-refractivity contribution in [3.05, 3.63) is 28.8 Å². The molecule has 0 radical (unpaired) electrons. The zero-order chi connectivity index (χ0) is 17.1. The molecule has 1 atom stereocenters. The van der Waals surface area contributed by atoms with E-state index < -0.39 is 6.04 Å². The van der Waals surface area contributed by atoms with Crippen LogP contribution in [0.15, 0.2) is 23.2 Å². The lowest BCUT2D eigenvalue weighted by molar-refractivity contribution is -0.125. The van der Waals surface area contributed by atoms with Crippen LogP contribution in [0.1, 0.15) is 12.0 Å². The molecule has 3 rings (SSSR count). The van der Waals surface area contributed by atoms with Gasteiger partial charge >= 0.3 is 0 Å². The van der Waals surface area contributed by atoms with Gasteiger partial charge in [0.25, 0.3) is 0 Å². The summed E-state index contributed by atoms with van der Waals surface area (Å²) in [4.78, 5) is 30.8. The number of aliphatic imine (C=N–C) groups is 1. The van der Waals surface area contributed by atoms with Crippen LogP contribution in [-0.4, -0.2) is 55.0 Å². The van der Waals surface area contributed by atoms with E-state index in [4.69, 9.17) is 16.3 Å². The lowest BCUT2D eigenvalue weighted by Gasteiger charge is -2.32. The smallest absolute Gasteiger partial charge is 0.249 e. The van der Waals surface area contributed by atoms with Gasteiger partial charge in [-0.15, -0.1) is 0 Å². The molecule has 2 heterocycles. The van der Waals surface area contributed by atoms with Crippen molar-refractivity contribution in [1.29, 1.82) is 0 Å². The molecule has 128 valence electrons. The molecule has 24 heavy (non-hydrogen) atoms. The molecule has 0 saturated carbocycles. The molecule has 1 saturated heterocycles. The highest BCUT2D eigenvalue weighted by Gasteiger charge is 2.30. The predicted octanol–water partition coefficient (Wildman–Crippen LogP) is 1.16. The first-order chi connectivity index (χ1) is 11.5. The third kappa shape index (κ3) is 3.85. The van der Waals surface area contributed by atoms with E-state index in [0.29, 0.717) is 43.0 Å². The molecule has 0 aliphatic carbocycles. The minimum absolute atomic E-state index is 0.0271. The Hall–Kier alpha value is -2.12. The van der Waals surface area contributed by atoms with Crippen molar-refractivity contribution in [2.24, 2.45) is 4.99 Å². The Morgan fingerprint density at radius 3 is 2.92 bits per heavy atom. The van der Waals surface area contributed by atoms with Gasteiger partial charge in [-0.05, 0) is 24.6 Å². The zero-order valence-corrected chi connectivity index (χ0v) is 14.1. The second-order valence-electron chi connectivity index (χ2n) is 5.77. The molecule has 7 nitrogen and oxygen atoms in total. The fourth-order valence-corrected chi connectivity index (χ4v) is 2.78. The number of anilines is 1. The Bertz CT molecular complexity index is 686. The summed E-state index contributed by atoms with van der Waals surface area (Å²) in [5.74, 6) is -0.0899. The van der Waals surface area contributed by atoms with Crippen LogP contribution in [0.4, 0.5) is 5.69 Å². The number of aryl methyl sites for hydroxylation is 1. The van der Waals surface area contributed by atoms with Crippen LogP contribution in [0.5, 0.6) is 0 Å². The Morgan fingerprint density at radius 1 is 1.42 bits per heavy atom. The molecular formula is C16H19ClN4O3. The maximum Gasteiger partial charge on any atom is 0.249 e. The van der Waals surface area contributed by atoms with Gasteiger partial charge in [-0.3, -0.25) is 14.9 Å². The molecule has 0 bridgehead atoms. The summed E-state index contributed by atoms with van der Waals surface area (Å²) in [6.07, 6.45) is 0.0271. The molecule has 2 N–H and O–H groups in total. The number of morpholine rings is 1. The van der Waals surface area contributed by atoms with Crippen molar-refractivity contribution in [3.63, 3.8) is 0 Å². The van der Waals surface area contributed by atoms with Crippen molar-refractivity contribution in [2.75, 3.05) is 31.6 Å². The lowest BCUT2D eigenvalue weighted by Crippen LogP contribution is -2.53. The maximum absolute atomic E-state index is 12.5. The van der Waals surface area contributed by atoms with E-state index in [0.717, 1.165) is 5.56 Å². The monoisotopic (exact) mass is 350 g/mol. The van der Waals surface area contributed by atoms with Gasteiger partial charge in [-0.1, -0.05) is 17.7 Å². The Labute approximate surface area is 145 Å². The number of hydrogen-bond acceptors (Lipinski definition) is 5. The average molecular weight is 351 g/mol. The summed E-state index contributed by atoms with van der Waals surface area (Å²) in [7, 11) is 0. The van der Waals surface area contributed by atoms with Gasteiger partial charge < -0.3 is 15.0 Å². The second kappa shape index (κ2) is 7.19. The van der Waals surface area contributed by atoms with E-state index in [1.165, 1.54) is 0 Å². The van der Waals surface area contributed by atoms with Gasteiger partial charge in [-0.2, -0.15) is 0 Å². The summed E-state index contributed by atoms with van der Waals surface area (Å²) in [6.45, 7) is 4.31. The Kier molecular flexibility index (Phi) is 5.01. The van der Waals surface area contributed by atoms with Crippen molar-refractivity contribution in [2.45, 2.75) is 19.4 Å². The number of rotatable bonds is 2. The van der Waals surface area contributed by atoms with E-state index in [2.05, 4.69) is 15.6 Å². The Balaban J connectivity index is 1.75. The highest BCUT2D eigenvalue weighted by molar-refractivity contribution is 6.31. The number of nitrogens with zero attached hydrogens (tertiary/aromatic N) is 2. The minimum Gasteiger partial charge on any atom is -0.378 e.